The quantitative estimate of drug-likeness (QED) is 0.697. The average Bonchev–Trinajstić information content (AvgIpc) is 3.33. The lowest BCUT2D eigenvalue weighted by Gasteiger charge is -2.15. The Kier molecular flexibility index (Phi) is 3.67. The van der Waals surface area contributed by atoms with Crippen LogP contribution in [0.1, 0.15) is 17.9 Å². The van der Waals surface area contributed by atoms with Crippen molar-refractivity contribution in [2.24, 2.45) is 5.41 Å². The van der Waals surface area contributed by atoms with Gasteiger partial charge >= 0.3 is 5.97 Å². The Morgan fingerprint density at radius 1 is 1.05 bits per heavy atom. The first-order valence-electron chi connectivity index (χ1n) is 7.18. The van der Waals surface area contributed by atoms with Crippen molar-refractivity contribution in [1.29, 1.82) is 0 Å². The minimum absolute atomic E-state index is 0.134. The van der Waals surface area contributed by atoms with Gasteiger partial charge in [-0.2, -0.15) is 0 Å². The second-order valence-corrected chi connectivity index (χ2v) is 5.45. The van der Waals surface area contributed by atoms with E-state index in [-0.39, 0.29) is 11.8 Å². The molecule has 0 saturated heterocycles. The van der Waals surface area contributed by atoms with E-state index in [1.165, 1.54) is 7.11 Å². The molecular formula is C18H17NO3. The molecule has 0 radical (unpaired) electrons. The second kappa shape index (κ2) is 5.64. The Balaban J connectivity index is 1.86. The summed E-state index contributed by atoms with van der Waals surface area (Å²) < 4.78 is 4.89. The van der Waals surface area contributed by atoms with Crippen LogP contribution in [0.15, 0.2) is 60.7 Å². The van der Waals surface area contributed by atoms with Gasteiger partial charge < -0.3 is 10.1 Å². The molecule has 1 N–H and O–H groups in total. The molecule has 0 aliphatic heterocycles. The monoisotopic (exact) mass is 295 g/mol. The molecular weight excluding hydrogens is 278 g/mol. The molecule has 112 valence electrons. The number of rotatable bonds is 4. The molecule has 1 amide bonds. The fraction of sp³-hybridized carbons (Fsp3) is 0.222. The van der Waals surface area contributed by atoms with Crippen molar-refractivity contribution >= 4 is 17.6 Å². The first-order valence-corrected chi connectivity index (χ1v) is 7.18. The highest BCUT2D eigenvalue weighted by molar-refractivity contribution is 6.12. The highest BCUT2D eigenvalue weighted by atomic mass is 16.5. The van der Waals surface area contributed by atoms with Crippen LogP contribution in [-0.4, -0.2) is 19.0 Å². The number of hydrogen-bond acceptors (Lipinski definition) is 3. The Morgan fingerprint density at radius 2 is 1.64 bits per heavy atom. The Labute approximate surface area is 129 Å². The van der Waals surface area contributed by atoms with E-state index >= 15 is 0 Å². The van der Waals surface area contributed by atoms with Crippen LogP contribution in [0.4, 0.5) is 5.69 Å². The topological polar surface area (TPSA) is 55.4 Å². The molecule has 1 aliphatic carbocycles. The highest BCUT2D eigenvalue weighted by Gasteiger charge is 2.67. The molecule has 1 aliphatic rings. The molecule has 1 saturated carbocycles. The van der Waals surface area contributed by atoms with Crippen LogP contribution in [0.5, 0.6) is 0 Å². The summed E-state index contributed by atoms with van der Waals surface area (Å²) in [5, 5.41) is 2.82. The molecule has 0 aromatic heterocycles. The molecule has 2 aromatic rings. The van der Waals surface area contributed by atoms with Crippen LogP contribution in [0.3, 0.4) is 0 Å². The summed E-state index contributed by atoms with van der Waals surface area (Å²) in [5.74, 6) is -0.918. The minimum atomic E-state index is -1.12. The van der Waals surface area contributed by atoms with Gasteiger partial charge in [-0.3, -0.25) is 9.59 Å². The minimum Gasteiger partial charge on any atom is -0.468 e. The van der Waals surface area contributed by atoms with Crippen LogP contribution in [-0.2, 0) is 14.3 Å². The number of methoxy groups -OCH3 is 1. The molecule has 4 nitrogen and oxygen atoms in total. The van der Waals surface area contributed by atoms with Gasteiger partial charge in [0.2, 0.25) is 5.91 Å². The number of anilines is 1. The van der Waals surface area contributed by atoms with Crippen molar-refractivity contribution in [1.82, 2.24) is 0 Å². The molecule has 0 spiro atoms. The summed E-state index contributed by atoms with van der Waals surface area (Å²) in [6.07, 6.45) is 0.475. The third-order valence-electron chi connectivity index (χ3n) is 4.15. The molecule has 2 unspecified atom stereocenters. The van der Waals surface area contributed by atoms with Gasteiger partial charge in [-0.05, 0) is 24.1 Å². The van der Waals surface area contributed by atoms with Gasteiger partial charge in [0, 0.05) is 11.6 Å². The fourth-order valence-electron chi connectivity index (χ4n) is 2.87. The number of esters is 1. The molecule has 0 bridgehead atoms. The zero-order valence-corrected chi connectivity index (χ0v) is 12.3. The van der Waals surface area contributed by atoms with Crippen molar-refractivity contribution in [2.75, 3.05) is 12.4 Å². The third-order valence-corrected chi connectivity index (χ3v) is 4.15. The summed E-state index contributed by atoms with van der Waals surface area (Å²) >= 11 is 0. The largest absolute Gasteiger partial charge is 0.468 e. The molecule has 2 atom stereocenters. The van der Waals surface area contributed by atoms with Gasteiger partial charge in [-0.15, -0.1) is 0 Å². The lowest BCUT2D eigenvalue weighted by molar-refractivity contribution is -0.150. The first kappa shape index (κ1) is 14.3. The number of amides is 1. The van der Waals surface area contributed by atoms with Crippen molar-refractivity contribution in [3.05, 3.63) is 66.2 Å². The molecule has 22 heavy (non-hydrogen) atoms. The lowest BCUT2D eigenvalue weighted by Crippen LogP contribution is -2.34. The van der Waals surface area contributed by atoms with E-state index in [9.17, 15) is 9.59 Å². The third kappa shape index (κ3) is 2.37. The summed E-state index contributed by atoms with van der Waals surface area (Å²) in [5.41, 5.74) is 0.539. The fourth-order valence-corrected chi connectivity index (χ4v) is 2.87. The SMILES string of the molecule is COC(=O)C1(C(=O)Nc2ccccc2)CC1c1ccccc1. The number of carbonyl (C=O) groups is 2. The number of ether oxygens (including phenoxy) is 1. The number of nitrogens with one attached hydrogen (secondary N) is 1. The molecule has 1 fully saturated rings. The van der Waals surface area contributed by atoms with E-state index in [1.54, 1.807) is 12.1 Å². The van der Waals surface area contributed by atoms with Crippen LogP contribution in [0.2, 0.25) is 0 Å². The van der Waals surface area contributed by atoms with E-state index in [1.807, 2.05) is 48.5 Å². The van der Waals surface area contributed by atoms with E-state index in [0.29, 0.717) is 12.1 Å². The average molecular weight is 295 g/mol. The van der Waals surface area contributed by atoms with Gasteiger partial charge in [-0.25, -0.2) is 0 Å². The second-order valence-electron chi connectivity index (χ2n) is 5.45. The number of carbonyl (C=O) groups excluding carboxylic acids is 2. The predicted octanol–water partition coefficient (Wildman–Crippen LogP) is 2.97. The number of benzene rings is 2. The van der Waals surface area contributed by atoms with Crippen molar-refractivity contribution in [3.63, 3.8) is 0 Å². The van der Waals surface area contributed by atoms with Gasteiger partial charge in [0.15, 0.2) is 5.41 Å². The molecule has 4 heteroatoms. The van der Waals surface area contributed by atoms with Crippen molar-refractivity contribution < 1.29 is 14.3 Å². The maximum atomic E-state index is 12.7. The van der Waals surface area contributed by atoms with Crippen LogP contribution in [0, 0.1) is 5.41 Å². The van der Waals surface area contributed by atoms with E-state index in [0.717, 1.165) is 5.56 Å². The predicted molar refractivity (Wildman–Crippen MR) is 83.3 cm³/mol. The number of hydrogen-bond donors (Lipinski definition) is 1. The van der Waals surface area contributed by atoms with Gasteiger partial charge in [0.05, 0.1) is 7.11 Å². The summed E-state index contributed by atoms with van der Waals surface area (Å²) in [4.78, 5) is 24.9. The first-order chi connectivity index (χ1) is 10.7. The van der Waals surface area contributed by atoms with Crippen molar-refractivity contribution in [2.45, 2.75) is 12.3 Å². The summed E-state index contributed by atoms with van der Waals surface area (Å²) in [6.45, 7) is 0. The van der Waals surface area contributed by atoms with Crippen molar-refractivity contribution in [3.8, 4) is 0 Å². The Morgan fingerprint density at radius 3 is 2.23 bits per heavy atom. The smallest absolute Gasteiger partial charge is 0.322 e. The highest BCUT2D eigenvalue weighted by Crippen LogP contribution is 2.60. The van der Waals surface area contributed by atoms with E-state index in [2.05, 4.69) is 5.32 Å². The van der Waals surface area contributed by atoms with Gasteiger partial charge in [-0.1, -0.05) is 48.5 Å². The maximum Gasteiger partial charge on any atom is 0.322 e. The Bertz CT molecular complexity index is 684. The molecule has 0 heterocycles. The normalized spacial score (nSPS) is 22.7. The van der Waals surface area contributed by atoms with E-state index < -0.39 is 11.4 Å². The summed E-state index contributed by atoms with van der Waals surface area (Å²) in [6, 6.07) is 18.7. The van der Waals surface area contributed by atoms with Crippen LogP contribution >= 0.6 is 0 Å². The molecule has 2 aromatic carbocycles. The zero-order valence-electron chi connectivity index (χ0n) is 12.3. The maximum absolute atomic E-state index is 12.7. The van der Waals surface area contributed by atoms with Crippen LogP contribution in [0.25, 0.3) is 0 Å². The standard InChI is InChI=1S/C18H17NO3/c1-22-17(21)18(12-15(18)13-8-4-2-5-9-13)16(20)19-14-10-6-3-7-11-14/h2-11,15H,12H2,1H3,(H,19,20). The van der Waals surface area contributed by atoms with Gasteiger partial charge in [0.1, 0.15) is 0 Å². The lowest BCUT2D eigenvalue weighted by atomic mass is 9.98. The van der Waals surface area contributed by atoms with Gasteiger partial charge in [0.25, 0.3) is 0 Å². The number of para-hydroxylation sites is 1. The Hall–Kier alpha value is -2.62. The van der Waals surface area contributed by atoms with Crippen LogP contribution < -0.4 is 5.32 Å². The zero-order chi connectivity index (χ0) is 15.6. The molecule has 3 rings (SSSR count). The van der Waals surface area contributed by atoms with E-state index in [4.69, 9.17) is 4.74 Å². The summed E-state index contributed by atoms with van der Waals surface area (Å²) in [7, 11) is 1.32.